The molecule has 0 saturated heterocycles. The molecule has 3 rings (SSSR count). The Balaban J connectivity index is 1.64. The van der Waals surface area contributed by atoms with Gasteiger partial charge in [0.2, 0.25) is 0 Å². The number of nitrogens with zero attached hydrogens (tertiary/aromatic N) is 3. The molecule has 1 aromatic heterocycles. The Morgan fingerprint density at radius 3 is 2.57 bits per heavy atom. The zero-order chi connectivity index (χ0) is 14.8. The van der Waals surface area contributed by atoms with E-state index in [1.807, 2.05) is 11.8 Å². The lowest BCUT2D eigenvalue weighted by Crippen LogP contribution is -2.36. The first-order chi connectivity index (χ1) is 10.2. The summed E-state index contributed by atoms with van der Waals surface area (Å²) in [5, 5.41) is 13.8. The fourth-order valence-electron chi connectivity index (χ4n) is 2.66. The summed E-state index contributed by atoms with van der Waals surface area (Å²) in [4.78, 5) is 0. The van der Waals surface area contributed by atoms with Crippen LogP contribution in [0.5, 0.6) is 0 Å². The molecule has 2 aliphatic carbocycles. The highest BCUT2D eigenvalue weighted by molar-refractivity contribution is 7.99. The highest BCUT2D eigenvalue weighted by Gasteiger charge is 2.36. The van der Waals surface area contributed by atoms with Gasteiger partial charge in [-0.25, -0.2) is 0 Å². The third-order valence-corrected chi connectivity index (χ3v) is 5.46. The summed E-state index contributed by atoms with van der Waals surface area (Å²) in [5.41, 5.74) is 0. The van der Waals surface area contributed by atoms with E-state index in [2.05, 4.69) is 40.9 Å². The van der Waals surface area contributed by atoms with Gasteiger partial charge in [0.05, 0.1) is 0 Å². The summed E-state index contributed by atoms with van der Waals surface area (Å²) in [6, 6.07) is 1.25. The van der Waals surface area contributed by atoms with E-state index in [1.54, 1.807) is 0 Å². The number of thioether (sulfide) groups is 1. The minimum absolute atomic E-state index is 0.559. The predicted molar refractivity (Wildman–Crippen MR) is 87.9 cm³/mol. The Morgan fingerprint density at radius 1 is 1.24 bits per heavy atom. The molecule has 0 aliphatic heterocycles. The summed E-state index contributed by atoms with van der Waals surface area (Å²) < 4.78 is 2.46. The van der Waals surface area contributed by atoms with Crippen molar-refractivity contribution in [3.8, 4) is 0 Å². The summed E-state index contributed by atoms with van der Waals surface area (Å²) >= 11 is 1.90. The molecule has 0 bridgehead atoms. The summed E-state index contributed by atoms with van der Waals surface area (Å²) in [6.07, 6.45) is 6.43. The second-order valence-corrected chi connectivity index (χ2v) is 7.82. The fraction of sp³-hybridized carbons (Fsp3) is 0.875. The van der Waals surface area contributed by atoms with Crippen LogP contribution in [-0.4, -0.2) is 33.1 Å². The molecule has 1 atom stereocenters. The van der Waals surface area contributed by atoms with Crippen molar-refractivity contribution < 1.29 is 0 Å². The van der Waals surface area contributed by atoms with Gasteiger partial charge >= 0.3 is 0 Å². The van der Waals surface area contributed by atoms with Crippen molar-refractivity contribution in [2.75, 3.05) is 12.3 Å². The zero-order valence-corrected chi connectivity index (χ0v) is 14.3. The molecule has 21 heavy (non-hydrogen) atoms. The molecule has 2 fully saturated rings. The molecule has 4 nitrogen and oxygen atoms in total. The quantitative estimate of drug-likeness (QED) is 0.708. The Bertz CT molecular complexity index is 463. The number of nitrogens with one attached hydrogen (secondary N) is 1. The smallest absolute Gasteiger partial charge is 0.191 e. The number of hydrogen-bond donors (Lipinski definition) is 1. The molecule has 2 aliphatic rings. The van der Waals surface area contributed by atoms with Crippen molar-refractivity contribution in [3.05, 3.63) is 5.82 Å². The van der Waals surface area contributed by atoms with Gasteiger partial charge in [0.1, 0.15) is 5.82 Å². The lowest BCUT2D eigenvalue weighted by Gasteiger charge is -2.21. The zero-order valence-electron chi connectivity index (χ0n) is 13.5. The van der Waals surface area contributed by atoms with Crippen LogP contribution < -0.4 is 5.32 Å². The summed E-state index contributed by atoms with van der Waals surface area (Å²) in [6.45, 7) is 7.93. The average molecular weight is 308 g/mol. The van der Waals surface area contributed by atoms with Crippen molar-refractivity contribution >= 4 is 11.8 Å². The van der Waals surface area contributed by atoms with E-state index < -0.39 is 0 Å². The van der Waals surface area contributed by atoms with E-state index in [0.717, 1.165) is 17.5 Å². The Hall–Kier alpha value is -0.550. The lowest BCUT2D eigenvalue weighted by atomic mass is 10.1. The molecular weight excluding hydrogens is 280 g/mol. The highest BCUT2D eigenvalue weighted by atomic mass is 32.2. The molecule has 1 aromatic rings. The number of rotatable bonds is 9. The monoisotopic (exact) mass is 308 g/mol. The minimum atomic E-state index is 0.559. The average Bonchev–Trinajstić information content (AvgIpc) is 3.37. The standard InChI is InChI=1S/C16H28N4S/c1-4-9-17-14(11(2)3)10-21-16-19-18-15(12-5-6-12)20(16)13-7-8-13/h11-14,17H,4-10H2,1-3H3. The Labute approximate surface area is 132 Å². The van der Waals surface area contributed by atoms with Crippen LogP contribution in [0.3, 0.4) is 0 Å². The maximum absolute atomic E-state index is 4.50. The van der Waals surface area contributed by atoms with Crippen molar-refractivity contribution in [1.29, 1.82) is 0 Å². The number of hydrogen-bond acceptors (Lipinski definition) is 4. The molecule has 1 N–H and O–H groups in total. The number of aromatic nitrogens is 3. The van der Waals surface area contributed by atoms with Gasteiger partial charge in [-0.15, -0.1) is 10.2 Å². The van der Waals surface area contributed by atoms with Crippen LogP contribution in [-0.2, 0) is 0 Å². The molecule has 5 heteroatoms. The molecule has 118 valence electrons. The van der Waals surface area contributed by atoms with Crippen LogP contribution in [0.2, 0.25) is 0 Å². The molecule has 2 saturated carbocycles. The van der Waals surface area contributed by atoms with Gasteiger partial charge in [-0.3, -0.25) is 0 Å². The Kier molecular flexibility index (Phi) is 4.89. The van der Waals surface area contributed by atoms with Crippen LogP contribution in [0.25, 0.3) is 0 Å². The van der Waals surface area contributed by atoms with E-state index in [1.165, 1.54) is 37.9 Å². The highest BCUT2D eigenvalue weighted by Crippen LogP contribution is 2.46. The van der Waals surface area contributed by atoms with Gasteiger partial charge in [-0.1, -0.05) is 32.5 Å². The van der Waals surface area contributed by atoms with Crippen molar-refractivity contribution in [3.63, 3.8) is 0 Å². The molecule has 1 unspecified atom stereocenters. The van der Waals surface area contributed by atoms with E-state index in [0.29, 0.717) is 23.9 Å². The van der Waals surface area contributed by atoms with Crippen molar-refractivity contribution in [2.24, 2.45) is 5.92 Å². The van der Waals surface area contributed by atoms with E-state index in [9.17, 15) is 0 Å². The first-order valence-corrected chi connectivity index (χ1v) is 9.50. The van der Waals surface area contributed by atoms with Crippen LogP contribution in [0.1, 0.15) is 70.7 Å². The summed E-state index contributed by atoms with van der Waals surface area (Å²) in [7, 11) is 0. The fourth-order valence-corrected chi connectivity index (χ4v) is 3.98. The second-order valence-electron chi connectivity index (χ2n) is 6.83. The van der Waals surface area contributed by atoms with Gasteiger partial charge in [0.25, 0.3) is 0 Å². The van der Waals surface area contributed by atoms with Crippen LogP contribution in [0, 0.1) is 5.92 Å². The summed E-state index contributed by atoms with van der Waals surface area (Å²) in [5.74, 6) is 3.71. The van der Waals surface area contributed by atoms with E-state index >= 15 is 0 Å². The second kappa shape index (κ2) is 6.69. The SMILES string of the molecule is CCCNC(CSc1nnc(C2CC2)n1C1CC1)C(C)C. The minimum Gasteiger partial charge on any atom is -0.313 e. The van der Waals surface area contributed by atoms with Gasteiger partial charge in [-0.05, 0) is 44.6 Å². The first kappa shape index (κ1) is 15.3. The molecule has 0 spiro atoms. The van der Waals surface area contributed by atoms with Crippen LogP contribution in [0.4, 0.5) is 0 Å². The van der Waals surface area contributed by atoms with Gasteiger partial charge in [0, 0.05) is 23.8 Å². The molecule has 0 radical (unpaired) electrons. The first-order valence-electron chi connectivity index (χ1n) is 8.51. The van der Waals surface area contributed by atoms with Crippen molar-refractivity contribution in [2.45, 2.75) is 76.0 Å². The van der Waals surface area contributed by atoms with E-state index in [-0.39, 0.29) is 0 Å². The molecular formula is C16H28N4S. The molecule has 0 aromatic carbocycles. The van der Waals surface area contributed by atoms with Crippen LogP contribution in [0.15, 0.2) is 5.16 Å². The van der Waals surface area contributed by atoms with Gasteiger partial charge in [0.15, 0.2) is 5.16 Å². The van der Waals surface area contributed by atoms with E-state index in [4.69, 9.17) is 0 Å². The maximum Gasteiger partial charge on any atom is 0.191 e. The lowest BCUT2D eigenvalue weighted by molar-refractivity contribution is 0.433. The van der Waals surface area contributed by atoms with Crippen molar-refractivity contribution in [1.82, 2.24) is 20.1 Å². The Morgan fingerprint density at radius 2 is 2.00 bits per heavy atom. The topological polar surface area (TPSA) is 42.7 Å². The van der Waals surface area contributed by atoms with Gasteiger partial charge in [-0.2, -0.15) is 0 Å². The van der Waals surface area contributed by atoms with Gasteiger partial charge < -0.3 is 9.88 Å². The third-order valence-electron chi connectivity index (χ3n) is 4.40. The third kappa shape index (κ3) is 3.81. The van der Waals surface area contributed by atoms with Crippen LogP contribution >= 0.6 is 11.8 Å². The maximum atomic E-state index is 4.50. The molecule has 0 amide bonds. The normalized spacial score (nSPS) is 20.2. The predicted octanol–water partition coefficient (Wildman–Crippen LogP) is 3.61. The largest absolute Gasteiger partial charge is 0.313 e. The molecule has 1 heterocycles.